The molecule has 1 aliphatic rings. The van der Waals surface area contributed by atoms with Crippen molar-refractivity contribution < 1.29 is 9.53 Å². The molecule has 0 radical (unpaired) electrons. The van der Waals surface area contributed by atoms with Crippen LogP contribution in [0, 0.1) is 32.1 Å². The molecule has 2 aromatic rings. The summed E-state index contributed by atoms with van der Waals surface area (Å²) in [6.07, 6.45) is 5.46. The van der Waals surface area contributed by atoms with Crippen molar-refractivity contribution in [3.8, 4) is 6.07 Å². The predicted molar refractivity (Wildman–Crippen MR) is 117 cm³/mol. The van der Waals surface area contributed by atoms with Gasteiger partial charge in [-0.3, -0.25) is 9.48 Å². The molecule has 1 aliphatic heterocycles. The first-order valence-corrected chi connectivity index (χ1v) is 10.5. The van der Waals surface area contributed by atoms with Gasteiger partial charge in [0.05, 0.1) is 24.7 Å². The summed E-state index contributed by atoms with van der Waals surface area (Å²) in [4.78, 5) is 14.8. The van der Waals surface area contributed by atoms with Crippen LogP contribution in [0.5, 0.6) is 0 Å². The summed E-state index contributed by atoms with van der Waals surface area (Å²) in [6.45, 7) is 8.55. The van der Waals surface area contributed by atoms with E-state index in [1.165, 1.54) is 11.1 Å². The van der Waals surface area contributed by atoms with Crippen molar-refractivity contribution in [2.45, 2.75) is 52.6 Å². The number of carbonyl (C=O) groups excluding carboxylic acids is 1. The van der Waals surface area contributed by atoms with Gasteiger partial charge in [0, 0.05) is 43.1 Å². The van der Waals surface area contributed by atoms with Gasteiger partial charge in [-0.25, -0.2) is 0 Å². The van der Waals surface area contributed by atoms with Gasteiger partial charge in [0.25, 0.3) is 0 Å². The Balaban J connectivity index is 1.75. The summed E-state index contributed by atoms with van der Waals surface area (Å²) in [5.41, 5.74) is 5.34. The third-order valence-corrected chi connectivity index (χ3v) is 5.66. The van der Waals surface area contributed by atoms with Crippen LogP contribution in [0.3, 0.4) is 0 Å². The van der Waals surface area contributed by atoms with Gasteiger partial charge in [-0.15, -0.1) is 0 Å². The first-order valence-electron chi connectivity index (χ1n) is 10.5. The smallest absolute Gasteiger partial charge is 0.246 e. The lowest BCUT2D eigenvalue weighted by atomic mass is 10.1. The molecule has 0 spiro atoms. The molecule has 6 heteroatoms. The average Bonchev–Trinajstić information content (AvgIpc) is 3.01. The Morgan fingerprint density at radius 1 is 1.27 bits per heavy atom. The minimum absolute atomic E-state index is 0.0535. The number of carbonyl (C=O) groups is 1. The Bertz CT molecular complexity index is 931. The third-order valence-electron chi connectivity index (χ3n) is 5.66. The molecule has 1 amide bonds. The molecule has 0 atom stereocenters. The van der Waals surface area contributed by atoms with Gasteiger partial charge in [-0.2, -0.15) is 10.4 Å². The molecule has 0 bridgehead atoms. The van der Waals surface area contributed by atoms with Crippen molar-refractivity contribution in [2.24, 2.45) is 0 Å². The topological polar surface area (TPSA) is 71.2 Å². The van der Waals surface area contributed by atoms with Gasteiger partial charge in [0.15, 0.2) is 0 Å². The van der Waals surface area contributed by atoms with E-state index >= 15 is 0 Å². The van der Waals surface area contributed by atoms with E-state index in [9.17, 15) is 4.79 Å². The van der Waals surface area contributed by atoms with Gasteiger partial charge in [-0.1, -0.05) is 29.8 Å². The molecule has 1 saturated heterocycles. The van der Waals surface area contributed by atoms with Crippen LogP contribution in [0.4, 0.5) is 0 Å². The van der Waals surface area contributed by atoms with Gasteiger partial charge in [0.2, 0.25) is 5.91 Å². The Labute approximate surface area is 178 Å². The zero-order valence-corrected chi connectivity index (χ0v) is 18.1. The molecule has 3 rings (SSSR count). The minimum atomic E-state index is -0.0535. The number of nitrogens with zero attached hydrogens (tertiary/aromatic N) is 4. The lowest BCUT2D eigenvalue weighted by Gasteiger charge is -2.33. The maximum absolute atomic E-state index is 12.9. The third kappa shape index (κ3) is 5.37. The molecular weight excluding hydrogens is 376 g/mol. The zero-order valence-electron chi connectivity index (χ0n) is 18.1. The number of rotatable bonds is 7. The maximum Gasteiger partial charge on any atom is 0.246 e. The number of hydrogen-bond donors (Lipinski definition) is 0. The molecule has 6 nitrogen and oxygen atoms in total. The van der Waals surface area contributed by atoms with Crippen LogP contribution in [0.15, 0.2) is 30.3 Å². The molecule has 0 saturated carbocycles. The van der Waals surface area contributed by atoms with Gasteiger partial charge < -0.3 is 9.64 Å². The number of ether oxygens (including phenoxy) is 1. The van der Waals surface area contributed by atoms with Crippen molar-refractivity contribution in [2.75, 3.05) is 19.8 Å². The monoisotopic (exact) mass is 406 g/mol. The van der Waals surface area contributed by atoms with Gasteiger partial charge in [-0.05, 0) is 45.3 Å². The summed E-state index contributed by atoms with van der Waals surface area (Å²) >= 11 is 0. The number of aryl methyl sites for hydroxylation is 2. The number of nitriles is 1. The first kappa shape index (κ1) is 21.8. The van der Waals surface area contributed by atoms with E-state index in [0.717, 1.165) is 29.8 Å². The summed E-state index contributed by atoms with van der Waals surface area (Å²) in [6, 6.07) is 10.7. The number of amides is 1. The Morgan fingerprint density at radius 3 is 2.63 bits per heavy atom. The summed E-state index contributed by atoms with van der Waals surface area (Å²) in [5, 5.41) is 13.6. The molecular formula is C24H30N4O2. The standard InChI is InChI=1S/C24H30N4O2/c1-18-5-7-21(8-6-18)17-28-20(3)23(19(2)26-28)9-10-24(29)27(14-4-13-25)22-11-15-30-16-12-22/h5-10,22H,4,11-12,14-17H2,1-3H3/b10-9+. The van der Waals surface area contributed by atoms with E-state index in [2.05, 4.69) is 42.4 Å². The molecule has 0 N–H and O–H groups in total. The minimum Gasteiger partial charge on any atom is -0.381 e. The molecule has 0 aliphatic carbocycles. The van der Waals surface area contributed by atoms with E-state index in [1.54, 1.807) is 6.08 Å². The predicted octanol–water partition coefficient (Wildman–Crippen LogP) is 3.79. The Hall–Kier alpha value is -2.91. The van der Waals surface area contributed by atoms with Crippen molar-refractivity contribution in [3.05, 3.63) is 58.4 Å². The number of hydrogen-bond acceptors (Lipinski definition) is 4. The molecule has 1 aromatic carbocycles. The largest absolute Gasteiger partial charge is 0.381 e. The lowest BCUT2D eigenvalue weighted by molar-refractivity contribution is -0.130. The first-order chi connectivity index (χ1) is 14.5. The lowest BCUT2D eigenvalue weighted by Crippen LogP contribution is -2.43. The summed E-state index contributed by atoms with van der Waals surface area (Å²) < 4.78 is 7.40. The Kier molecular flexibility index (Phi) is 7.42. The van der Waals surface area contributed by atoms with Crippen molar-refractivity contribution in [1.29, 1.82) is 5.26 Å². The fraction of sp³-hybridized carbons (Fsp3) is 0.458. The van der Waals surface area contributed by atoms with Gasteiger partial charge in [0.1, 0.15) is 0 Å². The second-order valence-electron chi connectivity index (χ2n) is 7.84. The normalized spacial score (nSPS) is 14.7. The molecule has 1 aromatic heterocycles. The molecule has 0 unspecified atom stereocenters. The van der Waals surface area contributed by atoms with E-state index in [4.69, 9.17) is 10.00 Å². The number of aromatic nitrogens is 2. The van der Waals surface area contributed by atoms with Crippen molar-refractivity contribution >= 4 is 12.0 Å². The zero-order chi connectivity index (χ0) is 21.5. The molecule has 2 heterocycles. The second kappa shape index (κ2) is 10.2. The van der Waals surface area contributed by atoms with E-state index < -0.39 is 0 Å². The highest BCUT2D eigenvalue weighted by atomic mass is 16.5. The van der Waals surface area contributed by atoms with Crippen LogP contribution in [-0.2, 0) is 16.1 Å². The molecule has 158 valence electrons. The SMILES string of the molecule is Cc1ccc(Cn2nc(C)c(/C=C/C(=O)N(CCC#N)C3CCOCC3)c2C)cc1. The Morgan fingerprint density at radius 2 is 1.97 bits per heavy atom. The van der Waals surface area contributed by atoms with Crippen LogP contribution in [0.2, 0.25) is 0 Å². The second-order valence-corrected chi connectivity index (χ2v) is 7.84. The van der Waals surface area contributed by atoms with Crippen LogP contribution in [-0.4, -0.2) is 46.4 Å². The molecule has 1 fully saturated rings. The maximum atomic E-state index is 12.9. The quantitative estimate of drug-likeness (QED) is 0.656. The highest BCUT2D eigenvalue weighted by Gasteiger charge is 2.24. The van der Waals surface area contributed by atoms with Crippen LogP contribution < -0.4 is 0 Å². The fourth-order valence-corrected chi connectivity index (χ4v) is 3.86. The van der Waals surface area contributed by atoms with E-state index in [0.29, 0.717) is 32.7 Å². The van der Waals surface area contributed by atoms with Gasteiger partial charge >= 0.3 is 0 Å². The van der Waals surface area contributed by atoms with E-state index in [1.807, 2.05) is 29.5 Å². The van der Waals surface area contributed by atoms with E-state index in [-0.39, 0.29) is 11.9 Å². The highest BCUT2D eigenvalue weighted by Crippen LogP contribution is 2.19. The molecule has 30 heavy (non-hydrogen) atoms. The van der Waals surface area contributed by atoms with Crippen molar-refractivity contribution in [3.63, 3.8) is 0 Å². The number of benzene rings is 1. The fourth-order valence-electron chi connectivity index (χ4n) is 3.86. The average molecular weight is 407 g/mol. The summed E-state index contributed by atoms with van der Waals surface area (Å²) in [5.74, 6) is -0.0535. The van der Waals surface area contributed by atoms with Crippen LogP contribution in [0.25, 0.3) is 6.08 Å². The summed E-state index contributed by atoms with van der Waals surface area (Å²) in [7, 11) is 0. The highest BCUT2D eigenvalue weighted by molar-refractivity contribution is 5.92. The van der Waals surface area contributed by atoms with Crippen molar-refractivity contribution in [1.82, 2.24) is 14.7 Å². The van der Waals surface area contributed by atoms with Crippen LogP contribution >= 0.6 is 0 Å². The van der Waals surface area contributed by atoms with Crippen LogP contribution in [0.1, 0.15) is 47.3 Å².